The van der Waals surface area contributed by atoms with Crippen molar-refractivity contribution in [2.75, 3.05) is 10.5 Å². The number of rotatable bonds is 11. The minimum Gasteiger partial charge on any atom is -0.284 e. The third kappa shape index (κ3) is 11.0. The second-order valence-corrected chi connectivity index (χ2v) is 7.47. The molecule has 0 radical (unpaired) electrons. The lowest BCUT2D eigenvalue weighted by atomic mass is 10.1. The molecule has 0 heterocycles. The summed E-state index contributed by atoms with van der Waals surface area (Å²) in [7, 11) is -3.33. The van der Waals surface area contributed by atoms with Crippen LogP contribution >= 0.6 is 0 Å². The average molecular weight is 351 g/mol. The summed E-state index contributed by atoms with van der Waals surface area (Å²) in [5.41, 5.74) is 0.553. The van der Waals surface area contributed by atoms with Gasteiger partial charge in [-0.3, -0.25) is 4.72 Å². The molecule has 0 aliphatic heterocycles. The fourth-order valence-corrected chi connectivity index (χ4v) is 3.42. The predicted octanol–water partition coefficient (Wildman–Crippen LogP) is 5.11. The predicted molar refractivity (Wildman–Crippen MR) is 86.8 cm³/mol. The fraction of sp³-hybridized carbons (Fsp3) is 0.625. The zero-order chi connectivity index (χ0) is 17.2. The van der Waals surface area contributed by atoms with Gasteiger partial charge in [0.1, 0.15) is 0 Å². The number of para-hydroxylation sites is 1. The van der Waals surface area contributed by atoms with Crippen LogP contribution in [0.2, 0.25) is 0 Å². The molecule has 0 saturated heterocycles. The van der Waals surface area contributed by atoms with Crippen molar-refractivity contribution in [2.45, 2.75) is 57.5 Å². The van der Waals surface area contributed by atoms with Crippen molar-refractivity contribution < 1.29 is 21.6 Å². The fourth-order valence-electron chi connectivity index (χ4n) is 2.24. The first-order valence-electron chi connectivity index (χ1n) is 7.91. The van der Waals surface area contributed by atoms with Gasteiger partial charge in [0.2, 0.25) is 10.0 Å². The van der Waals surface area contributed by atoms with Crippen LogP contribution < -0.4 is 4.72 Å². The molecule has 7 heteroatoms. The number of anilines is 1. The topological polar surface area (TPSA) is 46.2 Å². The lowest BCUT2D eigenvalue weighted by Gasteiger charge is -2.08. The van der Waals surface area contributed by atoms with Gasteiger partial charge in [-0.25, -0.2) is 8.42 Å². The van der Waals surface area contributed by atoms with Crippen molar-refractivity contribution in [3.05, 3.63) is 30.3 Å². The Morgan fingerprint density at radius 1 is 0.826 bits per heavy atom. The molecule has 1 aromatic rings. The maximum Gasteiger partial charge on any atom is 0.389 e. The lowest BCUT2D eigenvalue weighted by molar-refractivity contribution is -0.135. The molecule has 0 atom stereocenters. The van der Waals surface area contributed by atoms with Crippen LogP contribution in [0.5, 0.6) is 0 Å². The average Bonchev–Trinajstić information content (AvgIpc) is 2.45. The van der Waals surface area contributed by atoms with Crippen LogP contribution in [0.3, 0.4) is 0 Å². The highest BCUT2D eigenvalue weighted by Crippen LogP contribution is 2.23. The number of benzene rings is 1. The van der Waals surface area contributed by atoms with E-state index in [1.807, 2.05) is 6.07 Å². The molecular weight excluding hydrogens is 327 g/mol. The lowest BCUT2D eigenvalue weighted by Crippen LogP contribution is -2.16. The quantitative estimate of drug-likeness (QED) is 0.563. The highest BCUT2D eigenvalue weighted by Gasteiger charge is 2.25. The van der Waals surface area contributed by atoms with Gasteiger partial charge in [0, 0.05) is 12.1 Å². The number of unbranched alkanes of at least 4 members (excludes halogenated alkanes) is 6. The van der Waals surface area contributed by atoms with E-state index in [1.165, 1.54) is 0 Å². The summed E-state index contributed by atoms with van der Waals surface area (Å²) in [4.78, 5) is 0. The molecule has 0 amide bonds. The van der Waals surface area contributed by atoms with Gasteiger partial charge >= 0.3 is 6.18 Å². The molecule has 0 unspecified atom stereocenters. The molecule has 1 N–H and O–H groups in total. The van der Waals surface area contributed by atoms with Gasteiger partial charge in [-0.15, -0.1) is 0 Å². The van der Waals surface area contributed by atoms with Gasteiger partial charge in [0.25, 0.3) is 0 Å². The van der Waals surface area contributed by atoms with Crippen molar-refractivity contribution in [1.82, 2.24) is 0 Å². The monoisotopic (exact) mass is 351 g/mol. The molecule has 0 fully saturated rings. The molecule has 0 aromatic heterocycles. The Balaban J connectivity index is 2.04. The van der Waals surface area contributed by atoms with E-state index in [2.05, 4.69) is 4.72 Å². The van der Waals surface area contributed by atoms with Gasteiger partial charge in [-0.1, -0.05) is 50.3 Å². The highest BCUT2D eigenvalue weighted by molar-refractivity contribution is 7.92. The van der Waals surface area contributed by atoms with Crippen LogP contribution in [0, 0.1) is 0 Å². The summed E-state index contributed by atoms with van der Waals surface area (Å²) in [5.74, 6) is 0.0654. The summed E-state index contributed by atoms with van der Waals surface area (Å²) >= 11 is 0. The van der Waals surface area contributed by atoms with Gasteiger partial charge in [-0.05, 0) is 25.0 Å². The molecule has 0 saturated carbocycles. The Morgan fingerprint density at radius 2 is 1.35 bits per heavy atom. The van der Waals surface area contributed by atoms with Crippen LogP contribution in [-0.4, -0.2) is 20.3 Å². The van der Waals surface area contributed by atoms with E-state index >= 15 is 0 Å². The largest absolute Gasteiger partial charge is 0.389 e. The standard InChI is InChI=1S/C16H24F3NO2S/c17-16(18,19)13-9-4-2-1-3-5-10-14-23(21,22)20-15-11-7-6-8-12-15/h6-8,11-12,20H,1-5,9-10,13-14H2. The number of sulfonamides is 1. The first-order chi connectivity index (χ1) is 10.8. The van der Waals surface area contributed by atoms with E-state index in [1.54, 1.807) is 24.3 Å². The van der Waals surface area contributed by atoms with E-state index < -0.39 is 22.6 Å². The summed E-state index contributed by atoms with van der Waals surface area (Å²) in [6.45, 7) is 0. The summed E-state index contributed by atoms with van der Waals surface area (Å²) in [6, 6.07) is 8.72. The second kappa shape index (κ2) is 9.80. The molecule has 3 nitrogen and oxygen atoms in total. The Kier molecular flexibility index (Phi) is 8.44. The molecule has 1 aromatic carbocycles. The maximum atomic E-state index is 11.9. The van der Waals surface area contributed by atoms with Gasteiger partial charge in [-0.2, -0.15) is 13.2 Å². The molecule has 0 spiro atoms. The van der Waals surface area contributed by atoms with Gasteiger partial charge < -0.3 is 0 Å². The third-order valence-corrected chi connectivity index (χ3v) is 4.79. The van der Waals surface area contributed by atoms with Crippen molar-refractivity contribution >= 4 is 15.7 Å². The first kappa shape index (κ1) is 19.8. The van der Waals surface area contributed by atoms with Crippen LogP contribution in [-0.2, 0) is 10.0 Å². The van der Waals surface area contributed by atoms with Crippen LogP contribution in [0.15, 0.2) is 30.3 Å². The Bertz CT molecular complexity index is 530. The maximum absolute atomic E-state index is 11.9. The highest BCUT2D eigenvalue weighted by atomic mass is 32.2. The van der Waals surface area contributed by atoms with E-state index in [-0.39, 0.29) is 12.2 Å². The minimum atomic E-state index is -4.06. The summed E-state index contributed by atoms with van der Waals surface area (Å²) < 4.78 is 62.0. The van der Waals surface area contributed by atoms with Gasteiger partial charge in [0.05, 0.1) is 5.75 Å². The minimum absolute atomic E-state index is 0.0654. The van der Waals surface area contributed by atoms with Crippen molar-refractivity contribution in [1.29, 1.82) is 0 Å². The van der Waals surface area contributed by atoms with E-state index in [4.69, 9.17) is 0 Å². The molecule has 23 heavy (non-hydrogen) atoms. The van der Waals surface area contributed by atoms with E-state index in [0.29, 0.717) is 18.5 Å². The van der Waals surface area contributed by atoms with Crippen molar-refractivity contribution in [3.8, 4) is 0 Å². The van der Waals surface area contributed by atoms with Crippen LogP contribution in [0.25, 0.3) is 0 Å². The summed E-state index contributed by atoms with van der Waals surface area (Å²) in [5, 5.41) is 0. The smallest absolute Gasteiger partial charge is 0.284 e. The van der Waals surface area contributed by atoms with Gasteiger partial charge in [0.15, 0.2) is 0 Å². The number of hydrogen-bond acceptors (Lipinski definition) is 2. The Morgan fingerprint density at radius 3 is 1.91 bits per heavy atom. The van der Waals surface area contributed by atoms with Crippen LogP contribution in [0.4, 0.5) is 18.9 Å². The Hall–Kier alpha value is -1.24. The van der Waals surface area contributed by atoms with Crippen molar-refractivity contribution in [2.24, 2.45) is 0 Å². The zero-order valence-electron chi connectivity index (χ0n) is 13.1. The molecule has 0 aliphatic rings. The normalized spacial score (nSPS) is 12.3. The van der Waals surface area contributed by atoms with Crippen LogP contribution in [0.1, 0.15) is 51.4 Å². The molecule has 0 aliphatic carbocycles. The van der Waals surface area contributed by atoms with E-state index in [0.717, 1.165) is 25.7 Å². The number of nitrogens with one attached hydrogen (secondary N) is 1. The number of halogens is 3. The molecule has 132 valence electrons. The molecular formula is C16H24F3NO2S. The number of alkyl halides is 3. The first-order valence-corrected chi connectivity index (χ1v) is 9.56. The SMILES string of the molecule is O=S(=O)(CCCCCCCCCC(F)(F)F)Nc1ccccc1. The Labute approximate surface area is 136 Å². The van der Waals surface area contributed by atoms with E-state index in [9.17, 15) is 21.6 Å². The third-order valence-electron chi connectivity index (χ3n) is 3.42. The van der Waals surface area contributed by atoms with Crippen molar-refractivity contribution in [3.63, 3.8) is 0 Å². The molecule has 0 bridgehead atoms. The second-order valence-electron chi connectivity index (χ2n) is 5.63. The zero-order valence-corrected chi connectivity index (χ0v) is 13.9. The molecule has 1 rings (SSSR count). The number of hydrogen-bond donors (Lipinski definition) is 1. The summed E-state index contributed by atoms with van der Waals surface area (Å²) in [6.07, 6.45) is -0.204.